The first kappa shape index (κ1) is 16.6. The van der Waals surface area contributed by atoms with Gasteiger partial charge in [-0.3, -0.25) is 0 Å². The fourth-order valence-corrected chi connectivity index (χ4v) is 3.05. The number of aromatic nitrogens is 1. The van der Waals surface area contributed by atoms with Crippen LogP contribution in [0.15, 0.2) is 0 Å². The van der Waals surface area contributed by atoms with E-state index in [9.17, 15) is 0 Å². The predicted molar refractivity (Wildman–Crippen MR) is 83.1 cm³/mol. The molecule has 0 spiro atoms. The van der Waals surface area contributed by atoms with Crippen LogP contribution in [-0.4, -0.2) is 30.8 Å². The maximum atomic E-state index is 5.42. The fraction of sp³-hybridized carbons (Fsp3) is 0.800. The largest absolute Gasteiger partial charge is 0.382 e. The van der Waals surface area contributed by atoms with Crippen LogP contribution in [0, 0.1) is 13.8 Å². The summed E-state index contributed by atoms with van der Waals surface area (Å²) in [4.78, 5) is 6.00. The number of rotatable bonds is 10. The van der Waals surface area contributed by atoms with E-state index in [1.807, 2.05) is 18.3 Å². The van der Waals surface area contributed by atoms with Crippen LogP contribution >= 0.6 is 11.3 Å². The van der Waals surface area contributed by atoms with E-state index in [2.05, 4.69) is 31.1 Å². The van der Waals surface area contributed by atoms with Crippen LogP contribution in [0.2, 0.25) is 0 Å². The second kappa shape index (κ2) is 9.45. The molecule has 3 nitrogen and oxygen atoms in total. The highest BCUT2D eigenvalue weighted by Crippen LogP contribution is 2.19. The molecule has 0 aliphatic heterocycles. The molecule has 19 heavy (non-hydrogen) atoms. The van der Waals surface area contributed by atoms with Crippen molar-refractivity contribution in [3.63, 3.8) is 0 Å². The van der Waals surface area contributed by atoms with Gasteiger partial charge in [-0.25, -0.2) is 4.98 Å². The van der Waals surface area contributed by atoms with Gasteiger partial charge in [0.25, 0.3) is 0 Å². The van der Waals surface area contributed by atoms with Crippen LogP contribution in [0.1, 0.15) is 48.7 Å². The van der Waals surface area contributed by atoms with Gasteiger partial charge in [-0.1, -0.05) is 6.92 Å². The average Bonchev–Trinajstić information content (AvgIpc) is 2.70. The van der Waals surface area contributed by atoms with Crippen LogP contribution in [0.25, 0.3) is 0 Å². The number of hydrogen-bond donors (Lipinski definition) is 1. The van der Waals surface area contributed by atoms with Crippen molar-refractivity contribution in [2.45, 2.75) is 59.4 Å². The Morgan fingerprint density at radius 2 is 2.11 bits per heavy atom. The number of aryl methyl sites for hydroxylation is 2. The molecule has 1 unspecified atom stereocenters. The second-order valence-electron chi connectivity index (χ2n) is 4.94. The Kier molecular flexibility index (Phi) is 8.26. The first-order chi connectivity index (χ1) is 9.17. The van der Waals surface area contributed by atoms with Gasteiger partial charge in [0.15, 0.2) is 0 Å². The summed E-state index contributed by atoms with van der Waals surface area (Å²) < 4.78 is 5.42. The Balaban J connectivity index is 2.43. The van der Waals surface area contributed by atoms with Crippen LogP contribution in [0.5, 0.6) is 0 Å². The molecule has 0 aliphatic rings. The number of ether oxygens (including phenoxy) is 1. The Bertz CT molecular complexity index is 332. The highest BCUT2D eigenvalue weighted by atomic mass is 32.1. The maximum absolute atomic E-state index is 5.42. The van der Waals surface area contributed by atoms with Gasteiger partial charge in [0, 0.05) is 30.6 Å². The number of hydrogen-bond acceptors (Lipinski definition) is 4. The van der Waals surface area contributed by atoms with Crippen LogP contribution in [0.3, 0.4) is 0 Å². The predicted octanol–water partition coefficient (Wildman–Crippen LogP) is 3.49. The lowest BCUT2D eigenvalue weighted by molar-refractivity contribution is 0.140. The van der Waals surface area contributed by atoms with Gasteiger partial charge >= 0.3 is 0 Å². The van der Waals surface area contributed by atoms with Crippen molar-refractivity contribution in [3.05, 3.63) is 15.6 Å². The molecule has 0 aromatic carbocycles. The van der Waals surface area contributed by atoms with Crippen LogP contribution in [-0.2, 0) is 11.2 Å². The molecule has 1 heterocycles. The van der Waals surface area contributed by atoms with Gasteiger partial charge in [0.2, 0.25) is 0 Å². The summed E-state index contributed by atoms with van der Waals surface area (Å²) in [5.41, 5.74) is 1.18. The van der Waals surface area contributed by atoms with Gasteiger partial charge in [-0.05, 0) is 46.6 Å². The molecule has 110 valence electrons. The molecule has 4 heteroatoms. The Morgan fingerprint density at radius 3 is 2.68 bits per heavy atom. The van der Waals surface area contributed by atoms with E-state index in [1.54, 1.807) is 0 Å². The molecular formula is C15H28N2OS. The molecule has 1 atom stereocenters. The van der Waals surface area contributed by atoms with Crippen molar-refractivity contribution < 1.29 is 4.74 Å². The van der Waals surface area contributed by atoms with Crippen molar-refractivity contribution in [3.8, 4) is 0 Å². The van der Waals surface area contributed by atoms with Gasteiger partial charge < -0.3 is 10.1 Å². The highest BCUT2D eigenvalue weighted by Gasteiger charge is 2.12. The quantitative estimate of drug-likeness (QED) is 0.668. The SMILES string of the molecule is CCCNC(CCCOCC)Cc1nc(C)c(C)s1. The molecule has 0 fully saturated rings. The third-order valence-electron chi connectivity index (χ3n) is 3.22. The molecule has 0 saturated carbocycles. The molecule has 1 aromatic rings. The van der Waals surface area contributed by atoms with E-state index in [0.29, 0.717) is 6.04 Å². The van der Waals surface area contributed by atoms with Gasteiger partial charge in [0.05, 0.1) is 10.7 Å². The molecule has 1 N–H and O–H groups in total. The van der Waals surface area contributed by atoms with E-state index in [-0.39, 0.29) is 0 Å². The lowest BCUT2D eigenvalue weighted by Crippen LogP contribution is -2.32. The maximum Gasteiger partial charge on any atom is 0.0946 e. The first-order valence-corrected chi connectivity index (χ1v) is 8.23. The Labute approximate surface area is 121 Å². The third kappa shape index (κ3) is 6.50. The molecule has 0 bridgehead atoms. The summed E-state index contributed by atoms with van der Waals surface area (Å²) in [6.45, 7) is 11.3. The summed E-state index contributed by atoms with van der Waals surface area (Å²) in [7, 11) is 0. The van der Waals surface area contributed by atoms with Crippen molar-refractivity contribution in [2.24, 2.45) is 0 Å². The van der Waals surface area contributed by atoms with E-state index in [4.69, 9.17) is 4.74 Å². The minimum atomic E-state index is 0.533. The summed E-state index contributed by atoms with van der Waals surface area (Å²) in [6.07, 6.45) is 4.51. The summed E-state index contributed by atoms with van der Waals surface area (Å²) >= 11 is 1.84. The molecule has 0 amide bonds. The number of thiazole rings is 1. The molecule has 0 radical (unpaired) electrons. The minimum Gasteiger partial charge on any atom is -0.382 e. The summed E-state index contributed by atoms with van der Waals surface area (Å²) in [5.74, 6) is 0. The van der Waals surface area contributed by atoms with E-state index in [1.165, 1.54) is 22.0 Å². The smallest absolute Gasteiger partial charge is 0.0946 e. The topological polar surface area (TPSA) is 34.1 Å². The monoisotopic (exact) mass is 284 g/mol. The van der Waals surface area contributed by atoms with E-state index >= 15 is 0 Å². The lowest BCUT2D eigenvalue weighted by atomic mass is 10.1. The van der Waals surface area contributed by atoms with Crippen molar-refractivity contribution >= 4 is 11.3 Å². The highest BCUT2D eigenvalue weighted by molar-refractivity contribution is 7.11. The van der Waals surface area contributed by atoms with Crippen molar-refractivity contribution in [2.75, 3.05) is 19.8 Å². The van der Waals surface area contributed by atoms with Crippen molar-refractivity contribution in [1.82, 2.24) is 10.3 Å². The Morgan fingerprint density at radius 1 is 1.32 bits per heavy atom. The van der Waals surface area contributed by atoms with E-state index < -0.39 is 0 Å². The standard InChI is InChI=1S/C15H28N2OS/c1-5-9-16-14(8-7-10-18-6-2)11-15-17-12(3)13(4)19-15/h14,16H,5-11H2,1-4H3. The molecule has 1 rings (SSSR count). The van der Waals surface area contributed by atoms with Crippen LogP contribution in [0.4, 0.5) is 0 Å². The van der Waals surface area contributed by atoms with E-state index in [0.717, 1.165) is 39.0 Å². The number of nitrogens with zero attached hydrogens (tertiary/aromatic N) is 1. The van der Waals surface area contributed by atoms with Crippen LogP contribution < -0.4 is 5.32 Å². The molecule has 1 aromatic heterocycles. The van der Waals surface area contributed by atoms with Crippen molar-refractivity contribution in [1.29, 1.82) is 0 Å². The first-order valence-electron chi connectivity index (χ1n) is 7.41. The summed E-state index contributed by atoms with van der Waals surface area (Å²) in [6, 6.07) is 0.533. The Hall–Kier alpha value is -0.450. The van der Waals surface area contributed by atoms with Gasteiger partial charge in [0.1, 0.15) is 0 Å². The zero-order chi connectivity index (χ0) is 14.1. The van der Waals surface area contributed by atoms with Gasteiger partial charge in [-0.2, -0.15) is 0 Å². The molecule has 0 aliphatic carbocycles. The summed E-state index contributed by atoms with van der Waals surface area (Å²) in [5, 5.41) is 4.90. The fourth-order valence-electron chi connectivity index (χ4n) is 2.04. The molecular weight excluding hydrogens is 256 g/mol. The number of nitrogens with one attached hydrogen (secondary N) is 1. The van der Waals surface area contributed by atoms with Gasteiger partial charge in [-0.15, -0.1) is 11.3 Å². The normalized spacial score (nSPS) is 12.8. The molecule has 0 saturated heterocycles. The third-order valence-corrected chi connectivity index (χ3v) is 4.32. The lowest BCUT2D eigenvalue weighted by Gasteiger charge is -2.17. The minimum absolute atomic E-state index is 0.533. The average molecular weight is 284 g/mol. The second-order valence-corrected chi connectivity index (χ2v) is 6.23. The zero-order valence-corrected chi connectivity index (χ0v) is 13.6. The zero-order valence-electron chi connectivity index (χ0n) is 12.8.